The Bertz CT molecular complexity index is 324. The molecular formula is C11H20F2N2O4. The number of likely N-dealkylation sites (N-methyl/N-ethyl adjacent to an activating group) is 1. The zero-order valence-corrected chi connectivity index (χ0v) is 11.3. The highest BCUT2D eigenvalue weighted by molar-refractivity contribution is 5.85. The third-order valence-electron chi connectivity index (χ3n) is 2.74. The number of carboxylic acid groups (broad SMARTS) is 1. The van der Waals surface area contributed by atoms with Gasteiger partial charge in [-0.25, -0.2) is 18.4 Å². The molecule has 0 radical (unpaired) electrons. The predicted molar refractivity (Wildman–Crippen MR) is 64.2 cm³/mol. The van der Waals surface area contributed by atoms with Crippen LogP contribution in [0.25, 0.3) is 0 Å². The number of hydrogen-bond acceptors (Lipinski definition) is 3. The minimum atomic E-state index is -2.75. The van der Waals surface area contributed by atoms with Gasteiger partial charge in [0.15, 0.2) is 0 Å². The third-order valence-corrected chi connectivity index (χ3v) is 2.74. The molecule has 0 aromatic heterocycles. The lowest BCUT2D eigenvalue weighted by Crippen LogP contribution is -2.57. The highest BCUT2D eigenvalue weighted by Gasteiger charge is 2.39. The number of urea groups is 1. The van der Waals surface area contributed by atoms with E-state index in [-0.39, 0.29) is 13.1 Å². The largest absolute Gasteiger partial charge is 0.480 e. The second kappa shape index (κ2) is 7.22. The smallest absolute Gasteiger partial charge is 0.329 e. The summed E-state index contributed by atoms with van der Waals surface area (Å²) in [5.41, 5.74) is -1.51. The van der Waals surface area contributed by atoms with Gasteiger partial charge in [0.05, 0.1) is 13.2 Å². The number of carbonyl (C=O) groups is 2. The molecule has 112 valence electrons. The Labute approximate surface area is 110 Å². The molecular weight excluding hydrogens is 262 g/mol. The Kier molecular flexibility index (Phi) is 6.68. The van der Waals surface area contributed by atoms with Crippen molar-refractivity contribution >= 4 is 12.0 Å². The van der Waals surface area contributed by atoms with Gasteiger partial charge in [0.1, 0.15) is 5.54 Å². The van der Waals surface area contributed by atoms with Gasteiger partial charge in [-0.05, 0) is 20.8 Å². The summed E-state index contributed by atoms with van der Waals surface area (Å²) in [5, 5.41) is 17.9. The van der Waals surface area contributed by atoms with Gasteiger partial charge in [-0.3, -0.25) is 0 Å². The maximum Gasteiger partial charge on any atom is 0.329 e. The number of aliphatic hydroxyl groups excluding tert-OH is 1. The molecule has 0 fully saturated rings. The molecule has 0 aliphatic rings. The Morgan fingerprint density at radius 2 is 1.84 bits per heavy atom. The zero-order valence-electron chi connectivity index (χ0n) is 11.3. The van der Waals surface area contributed by atoms with Gasteiger partial charge >= 0.3 is 12.0 Å². The maximum absolute atomic E-state index is 12.4. The fraction of sp³-hybridized carbons (Fsp3) is 0.818. The molecule has 2 N–H and O–H groups in total. The lowest BCUT2D eigenvalue weighted by molar-refractivity contribution is -0.147. The maximum atomic E-state index is 12.4. The summed E-state index contributed by atoms with van der Waals surface area (Å²) in [6.45, 7) is 2.67. The highest BCUT2D eigenvalue weighted by atomic mass is 19.3. The van der Waals surface area contributed by atoms with Crippen LogP contribution in [0.5, 0.6) is 0 Å². The molecule has 0 bridgehead atoms. The van der Waals surface area contributed by atoms with E-state index in [1.54, 1.807) is 6.92 Å². The van der Waals surface area contributed by atoms with Gasteiger partial charge in [0.2, 0.25) is 0 Å². The van der Waals surface area contributed by atoms with Crippen LogP contribution in [0.3, 0.4) is 0 Å². The first-order valence-electron chi connectivity index (χ1n) is 5.87. The molecule has 0 saturated heterocycles. The highest BCUT2D eigenvalue weighted by Crippen LogP contribution is 2.17. The van der Waals surface area contributed by atoms with Gasteiger partial charge in [-0.15, -0.1) is 0 Å². The van der Waals surface area contributed by atoms with Crippen LogP contribution in [0.15, 0.2) is 0 Å². The number of halogens is 2. The molecule has 0 rings (SSSR count). The van der Waals surface area contributed by atoms with Crippen molar-refractivity contribution < 1.29 is 28.6 Å². The topological polar surface area (TPSA) is 81.1 Å². The molecule has 0 aromatic rings. The first-order chi connectivity index (χ1) is 8.68. The van der Waals surface area contributed by atoms with Gasteiger partial charge in [-0.2, -0.15) is 0 Å². The Balaban J connectivity index is 5.12. The molecule has 6 nitrogen and oxygen atoms in total. The number of rotatable bonds is 7. The SMILES string of the molecule is CCN(C(=O)N(CCO)CC(F)F)C(C)(C)C(=O)O. The van der Waals surface area contributed by atoms with E-state index in [4.69, 9.17) is 10.2 Å². The first kappa shape index (κ1) is 17.6. The van der Waals surface area contributed by atoms with Crippen LogP contribution in [-0.4, -0.2) is 70.2 Å². The van der Waals surface area contributed by atoms with E-state index in [0.29, 0.717) is 0 Å². The van der Waals surface area contributed by atoms with E-state index >= 15 is 0 Å². The van der Waals surface area contributed by atoms with Gasteiger partial charge < -0.3 is 20.0 Å². The van der Waals surface area contributed by atoms with E-state index in [0.717, 1.165) is 9.80 Å². The summed E-state index contributed by atoms with van der Waals surface area (Å²) < 4.78 is 24.8. The summed E-state index contributed by atoms with van der Waals surface area (Å²) in [4.78, 5) is 24.9. The van der Waals surface area contributed by atoms with Crippen molar-refractivity contribution in [1.82, 2.24) is 9.80 Å². The van der Waals surface area contributed by atoms with E-state index in [1.807, 2.05) is 0 Å². The summed E-state index contributed by atoms with van der Waals surface area (Å²) >= 11 is 0. The monoisotopic (exact) mass is 282 g/mol. The quantitative estimate of drug-likeness (QED) is 0.725. The van der Waals surface area contributed by atoms with Crippen molar-refractivity contribution in [3.63, 3.8) is 0 Å². The summed E-state index contributed by atoms with van der Waals surface area (Å²) in [5.74, 6) is -1.23. The van der Waals surface area contributed by atoms with Crippen molar-refractivity contribution in [3.8, 4) is 0 Å². The van der Waals surface area contributed by atoms with Crippen LogP contribution in [0.2, 0.25) is 0 Å². The Morgan fingerprint density at radius 3 is 2.16 bits per heavy atom. The van der Waals surface area contributed by atoms with Crippen molar-refractivity contribution in [1.29, 1.82) is 0 Å². The van der Waals surface area contributed by atoms with E-state index < -0.39 is 37.1 Å². The number of hydrogen-bond donors (Lipinski definition) is 2. The number of carbonyl (C=O) groups excluding carboxylic acids is 1. The van der Waals surface area contributed by atoms with Crippen LogP contribution in [0, 0.1) is 0 Å². The van der Waals surface area contributed by atoms with Gasteiger partial charge in [0.25, 0.3) is 6.43 Å². The lowest BCUT2D eigenvalue weighted by atomic mass is 10.0. The molecule has 0 unspecified atom stereocenters. The molecule has 0 saturated carbocycles. The zero-order chi connectivity index (χ0) is 15.2. The minimum absolute atomic E-state index is 0.0588. The molecule has 19 heavy (non-hydrogen) atoms. The van der Waals surface area contributed by atoms with Crippen molar-refractivity contribution in [3.05, 3.63) is 0 Å². The molecule has 0 aliphatic carbocycles. The molecule has 0 spiro atoms. The molecule has 2 amide bonds. The predicted octanol–water partition coefficient (Wildman–Crippen LogP) is 0.851. The third kappa shape index (κ3) is 4.62. The summed E-state index contributed by atoms with van der Waals surface area (Å²) in [7, 11) is 0. The van der Waals surface area contributed by atoms with Gasteiger partial charge in [0, 0.05) is 13.1 Å². The summed E-state index contributed by atoms with van der Waals surface area (Å²) in [6.07, 6.45) is -2.75. The number of aliphatic carboxylic acids is 1. The number of carboxylic acids is 1. The van der Waals surface area contributed by atoms with Crippen LogP contribution in [0.4, 0.5) is 13.6 Å². The Morgan fingerprint density at radius 1 is 1.32 bits per heavy atom. The van der Waals surface area contributed by atoms with E-state index in [1.165, 1.54) is 13.8 Å². The number of nitrogens with zero attached hydrogens (tertiary/aromatic N) is 2. The standard InChI is InChI=1S/C11H20F2N2O4/c1-4-15(11(2,3)9(17)18)10(19)14(5-6-16)7-8(12)13/h8,16H,4-7H2,1-3H3,(H,17,18). The molecule has 8 heteroatoms. The van der Waals surface area contributed by atoms with Gasteiger partial charge in [-0.1, -0.05) is 0 Å². The van der Waals surface area contributed by atoms with E-state index in [9.17, 15) is 18.4 Å². The second-order valence-electron chi connectivity index (χ2n) is 4.45. The lowest BCUT2D eigenvalue weighted by Gasteiger charge is -2.37. The number of alkyl halides is 2. The molecule has 0 aliphatic heterocycles. The van der Waals surface area contributed by atoms with Crippen LogP contribution >= 0.6 is 0 Å². The first-order valence-corrected chi connectivity index (χ1v) is 5.87. The van der Waals surface area contributed by atoms with Crippen molar-refractivity contribution in [2.24, 2.45) is 0 Å². The Hall–Kier alpha value is -1.44. The van der Waals surface area contributed by atoms with Crippen LogP contribution in [0.1, 0.15) is 20.8 Å². The normalized spacial score (nSPS) is 11.5. The van der Waals surface area contributed by atoms with Crippen LogP contribution in [-0.2, 0) is 4.79 Å². The van der Waals surface area contributed by atoms with Crippen LogP contribution < -0.4 is 0 Å². The average molecular weight is 282 g/mol. The average Bonchev–Trinajstić information content (AvgIpc) is 2.28. The van der Waals surface area contributed by atoms with E-state index in [2.05, 4.69) is 0 Å². The second-order valence-corrected chi connectivity index (χ2v) is 4.45. The molecule has 0 heterocycles. The molecule has 0 aromatic carbocycles. The fourth-order valence-corrected chi connectivity index (χ4v) is 1.61. The number of aliphatic hydroxyl groups is 1. The van der Waals surface area contributed by atoms with Crippen molar-refractivity contribution in [2.75, 3.05) is 26.2 Å². The van der Waals surface area contributed by atoms with Crippen molar-refractivity contribution in [2.45, 2.75) is 32.7 Å². The minimum Gasteiger partial charge on any atom is -0.480 e. The molecule has 0 atom stereocenters. The fourth-order valence-electron chi connectivity index (χ4n) is 1.61. The number of amides is 2. The summed E-state index contributed by atoms with van der Waals surface area (Å²) in [6, 6.07) is -0.829.